The van der Waals surface area contributed by atoms with E-state index in [1.165, 1.54) is 0 Å². The maximum absolute atomic E-state index is 12.8. The second kappa shape index (κ2) is 7.49. The fraction of sp³-hybridized carbons (Fsp3) is 0.250. The molecular weight excluding hydrogens is 342 g/mol. The number of hydrogen-bond donors (Lipinski definition) is 3. The molecule has 1 amide bonds. The molecule has 4 rings (SSSR count). The number of phenols is 1. The topological polar surface area (TPSA) is 94.1 Å². The van der Waals surface area contributed by atoms with Crippen molar-refractivity contribution < 1.29 is 9.90 Å². The summed E-state index contributed by atoms with van der Waals surface area (Å²) in [5.41, 5.74) is 1.60. The molecule has 0 radical (unpaired) electrons. The molecule has 3 N–H and O–H groups in total. The molecule has 0 saturated carbocycles. The molecule has 7 nitrogen and oxygen atoms in total. The molecule has 0 atom stereocenters. The first-order valence-corrected chi connectivity index (χ1v) is 9.01. The van der Waals surface area contributed by atoms with Gasteiger partial charge in [-0.1, -0.05) is 18.2 Å². The number of aromatic amines is 1. The van der Waals surface area contributed by atoms with Crippen LogP contribution in [0.15, 0.2) is 54.7 Å². The van der Waals surface area contributed by atoms with Gasteiger partial charge in [-0.05, 0) is 43.2 Å². The highest BCUT2D eigenvalue weighted by molar-refractivity contribution is 5.93. The summed E-state index contributed by atoms with van der Waals surface area (Å²) in [5.74, 6) is 0.938. The highest BCUT2D eigenvalue weighted by Crippen LogP contribution is 2.27. The van der Waals surface area contributed by atoms with Crippen LogP contribution >= 0.6 is 0 Å². The Kier molecular flexibility index (Phi) is 4.74. The van der Waals surface area contributed by atoms with E-state index in [0.717, 1.165) is 18.7 Å². The zero-order chi connectivity index (χ0) is 18.6. The predicted octanol–water partition coefficient (Wildman–Crippen LogP) is 2.89. The van der Waals surface area contributed by atoms with Crippen LogP contribution in [0.2, 0.25) is 0 Å². The Balaban J connectivity index is 1.38. The van der Waals surface area contributed by atoms with Crippen molar-refractivity contribution in [1.29, 1.82) is 0 Å². The molecule has 7 heteroatoms. The fourth-order valence-electron chi connectivity index (χ4n) is 3.31. The van der Waals surface area contributed by atoms with Crippen LogP contribution in [0.4, 0.5) is 5.82 Å². The third-order valence-corrected chi connectivity index (χ3v) is 4.79. The van der Waals surface area contributed by atoms with Crippen LogP contribution in [0, 0.1) is 0 Å². The van der Waals surface area contributed by atoms with E-state index in [4.69, 9.17) is 0 Å². The van der Waals surface area contributed by atoms with Crippen LogP contribution in [0.3, 0.4) is 0 Å². The Morgan fingerprint density at radius 3 is 2.67 bits per heavy atom. The number of likely N-dealkylation sites (tertiary alicyclic amines) is 1. The zero-order valence-electron chi connectivity index (χ0n) is 14.8. The van der Waals surface area contributed by atoms with E-state index in [9.17, 15) is 9.90 Å². The summed E-state index contributed by atoms with van der Waals surface area (Å²) in [4.78, 5) is 18.9. The summed E-state index contributed by atoms with van der Waals surface area (Å²) in [6, 6.07) is 14.7. The highest BCUT2D eigenvalue weighted by Gasteiger charge is 2.25. The van der Waals surface area contributed by atoms with Crippen molar-refractivity contribution >= 4 is 11.7 Å². The maximum Gasteiger partial charge on any atom is 0.271 e. The Morgan fingerprint density at radius 2 is 1.93 bits per heavy atom. The molecule has 1 fully saturated rings. The number of carbonyl (C=O) groups is 1. The Labute approximate surface area is 157 Å². The van der Waals surface area contributed by atoms with Gasteiger partial charge in [0.2, 0.25) is 0 Å². The summed E-state index contributed by atoms with van der Waals surface area (Å²) in [6.07, 6.45) is 3.49. The number of rotatable bonds is 4. The third kappa shape index (κ3) is 3.76. The lowest BCUT2D eigenvalue weighted by Gasteiger charge is -2.32. The molecule has 27 heavy (non-hydrogen) atoms. The van der Waals surface area contributed by atoms with Crippen LogP contribution < -0.4 is 5.32 Å². The van der Waals surface area contributed by atoms with Gasteiger partial charge in [0.05, 0.1) is 5.69 Å². The van der Waals surface area contributed by atoms with Gasteiger partial charge in [-0.25, -0.2) is 4.98 Å². The number of para-hydroxylation sites is 1. The highest BCUT2D eigenvalue weighted by atomic mass is 16.3. The normalized spacial score (nSPS) is 14.9. The number of nitrogens with one attached hydrogen (secondary N) is 2. The third-order valence-electron chi connectivity index (χ3n) is 4.79. The monoisotopic (exact) mass is 363 g/mol. The first kappa shape index (κ1) is 17.1. The number of hydrogen-bond acceptors (Lipinski definition) is 5. The van der Waals surface area contributed by atoms with Crippen LogP contribution in [0.25, 0.3) is 11.3 Å². The number of pyridine rings is 1. The van der Waals surface area contributed by atoms with Gasteiger partial charge in [0, 0.05) is 30.9 Å². The predicted molar refractivity (Wildman–Crippen MR) is 102 cm³/mol. The molecule has 138 valence electrons. The smallest absolute Gasteiger partial charge is 0.271 e. The van der Waals surface area contributed by atoms with Gasteiger partial charge < -0.3 is 15.3 Å². The number of carbonyl (C=O) groups excluding carboxylic acids is 1. The van der Waals surface area contributed by atoms with E-state index in [2.05, 4.69) is 20.5 Å². The van der Waals surface area contributed by atoms with Gasteiger partial charge in [0.1, 0.15) is 17.3 Å². The molecule has 1 aromatic carbocycles. The van der Waals surface area contributed by atoms with Gasteiger partial charge >= 0.3 is 0 Å². The van der Waals surface area contributed by atoms with E-state index in [0.29, 0.717) is 36.1 Å². The van der Waals surface area contributed by atoms with Crippen LogP contribution in [0.1, 0.15) is 23.3 Å². The lowest BCUT2D eigenvalue weighted by Crippen LogP contribution is -2.42. The van der Waals surface area contributed by atoms with Crippen molar-refractivity contribution in [3.63, 3.8) is 0 Å². The number of nitrogens with zero attached hydrogens (tertiary/aromatic N) is 3. The van der Waals surface area contributed by atoms with Gasteiger partial charge in [0.15, 0.2) is 0 Å². The molecule has 1 aliphatic rings. The molecule has 3 heterocycles. The lowest BCUT2D eigenvalue weighted by atomic mass is 10.0. The van der Waals surface area contributed by atoms with Gasteiger partial charge in [-0.15, -0.1) is 0 Å². The number of piperidine rings is 1. The molecule has 1 aliphatic heterocycles. The van der Waals surface area contributed by atoms with E-state index < -0.39 is 0 Å². The standard InChI is InChI=1S/C20H21N5O2/c26-18-6-2-1-5-15(18)16-13-17(24-23-16)20(27)25-11-8-14(9-12-25)22-19-7-3-4-10-21-19/h1-7,10,13-14,26H,8-9,11-12H2,(H,21,22)(H,23,24). The average Bonchev–Trinajstić information content (AvgIpc) is 3.19. The van der Waals surface area contributed by atoms with E-state index in [-0.39, 0.29) is 11.7 Å². The SMILES string of the molecule is O=C(c1cc(-c2ccccc2O)n[nH]1)N1CCC(Nc2ccccn2)CC1. The molecule has 0 spiro atoms. The number of anilines is 1. The first-order chi connectivity index (χ1) is 13.2. The van der Waals surface area contributed by atoms with Crippen LogP contribution in [-0.2, 0) is 0 Å². The average molecular weight is 363 g/mol. The number of amides is 1. The molecule has 0 aliphatic carbocycles. The Hall–Kier alpha value is -3.35. The minimum atomic E-state index is -0.0690. The Morgan fingerprint density at radius 1 is 1.15 bits per heavy atom. The van der Waals surface area contributed by atoms with E-state index in [1.54, 1.807) is 30.5 Å². The van der Waals surface area contributed by atoms with Gasteiger partial charge in [-0.3, -0.25) is 9.89 Å². The van der Waals surface area contributed by atoms with Gasteiger partial charge in [-0.2, -0.15) is 5.10 Å². The summed E-state index contributed by atoms with van der Waals surface area (Å²) in [5, 5.41) is 20.3. The molecule has 3 aromatic rings. The number of aromatic hydroxyl groups is 1. The summed E-state index contributed by atoms with van der Waals surface area (Å²) in [7, 11) is 0. The maximum atomic E-state index is 12.8. The number of aromatic nitrogens is 3. The second-order valence-electron chi connectivity index (χ2n) is 6.61. The molecule has 1 saturated heterocycles. The van der Waals surface area contributed by atoms with Crippen molar-refractivity contribution in [1.82, 2.24) is 20.1 Å². The van der Waals surface area contributed by atoms with Crippen molar-refractivity contribution in [2.45, 2.75) is 18.9 Å². The largest absolute Gasteiger partial charge is 0.507 e. The van der Waals surface area contributed by atoms with E-state index in [1.807, 2.05) is 29.2 Å². The van der Waals surface area contributed by atoms with Crippen LogP contribution in [0.5, 0.6) is 5.75 Å². The first-order valence-electron chi connectivity index (χ1n) is 9.01. The van der Waals surface area contributed by atoms with Gasteiger partial charge in [0.25, 0.3) is 5.91 Å². The molecule has 0 bridgehead atoms. The van der Waals surface area contributed by atoms with Crippen LogP contribution in [-0.4, -0.2) is 50.2 Å². The second-order valence-corrected chi connectivity index (χ2v) is 6.61. The molecule has 0 unspecified atom stereocenters. The quantitative estimate of drug-likeness (QED) is 0.663. The number of phenolic OH excluding ortho intramolecular Hbond substituents is 1. The van der Waals surface area contributed by atoms with E-state index >= 15 is 0 Å². The van der Waals surface area contributed by atoms with Crippen molar-refractivity contribution in [2.24, 2.45) is 0 Å². The minimum Gasteiger partial charge on any atom is -0.507 e. The number of benzene rings is 1. The lowest BCUT2D eigenvalue weighted by molar-refractivity contribution is 0.0712. The summed E-state index contributed by atoms with van der Waals surface area (Å²) in [6.45, 7) is 1.35. The van der Waals surface area contributed by atoms with Crippen molar-refractivity contribution in [3.05, 3.63) is 60.4 Å². The van der Waals surface area contributed by atoms with Crippen molar-refractivity contribution in [2.75, 3.05) is 18.4 Å². The minimum absolute atomic E-state index is 0.0690. The Bertz CT molecular complexity index is 917. The number of H-pyrrole nitrogens is 1. The zero-order valence-corrected chi connectivity index (χ0v) is 14.8. The molecular formula is C20H21N5O2. The molecule has 2 aromatic heterocycles. The fourth-order valence-corrected chi connectivity index (χ4v) is 3.31. The van der Waals surface area contributed by atoms with Crippen molar-refractivity contribution in [3.8, 4) is 17.0 Å². The summed E-state index contributed by atoms with van der Waals surface area (Å²) >= 11 is 0. The summed E-state index contributed by atoms with van der Waals surface area (Å²) < 4.78 is 0.